The standard InChI is InChI=1S/C12H16N4S/c1-4-15-11(10-5-13-7-14-6-10)12-8(2)16-9(3)17-12/h5-7,11,15H,4H2,1-3H3. The van der Waals surface area contributed by atoms with E-state index in [-0.39, 0.29) is 6.04 Å². The first-order valence-electron chi connectivity index (χ1n) is 5.64. The molecule has 2 heterocycles. The maximum absolute atomic E-state index is 4.48. The van der Waals surface area contributed by atoms with Crippen LogP contribution in [0.2, 0.25) is 0 Å². The Kier molecular flexibility index (Phi) is 3.81. The molecule has 0 aliphatic rings. The molecule has 5 heteroatoms. The highest BCUT2D eigenvalue weighted by Crippen LogP contribution is 2.29. The first-order chi connectivity index (χ1) is 8.22. The summed E-state index contributed by atoms with van der Waals surface area (Å²) in [5.41, 5.74) is 2.17. The Morgan fingerprint density at radius 3 is 2.53 bits per heavy atom. The number of aromatic nitrogens is 3. The van der Waals surface area contributed by atoms with E-state index in [0.717, 1.165) is 22.8 Å². The summed E-state index contributed by atoms with van der Waals surface area (Å²) >= 11 is 1.73. The molecule has 0 fully saturated rings. The maximum Gasteiger partial charge on any atom is 0.115 e. The lowest BCUT2D eigenvalue weighted by Crippen LogP contribution is -2.22. The second-order valence-electron chi connectivity index (χ2n) is 3.85. The van der Waals surface area contributed by atoms with Gasteiger partial charge in [0.1, 0.15) is 6.33 Å². The molecule has 1 N–H and O–H groups in total. The molecule has 0 bridgehead atoms. The molecule has 0 saturated carbocycles. The van der Waals surface area contributed by atoms with Crippen molar-refractivity contribution in [1.82, 2.24) is 20.3 Å². The Hall–Kier alpha value is -1.33. The highest BCUT2D eigenvalue weighted by molar-refractivity contribution is 7.11. The van der Waals surface area contributed by atoms with E-state index in [0.29, 0.717) is 0 Å². The minimum absolute atomic E-state index is 0.146. The lowest BCUT2D eigenvalue weighted by atomic mass is 10.1. The molecule has 0 amide bonds. The van der Waals surface area contributed by atoms with E-state index in [9.17, 15) is 0 Å². The molecule has 0 aliphatic carbocycles. The van der Waals surface area contributed by atoms with Crippen LogP contribution in [-0.4, -0.2) is 21.5 Å². The van der Waals surface area contributed by atoms with Gasteiger partial charge in [-0.3, -0.25) is 0 Å². The van der Waals surface area contributed by atoms with Gasteiger partial charge in [0.25, 0.3) is 0 Å². The summed E-state index contributed by atoms with van der Waals surface area (Å²) in [4.78, 5) is 13.9. The number of aryl methyl sites for hydroxylation is 2. The molecule has 0 spiro atoms. The van der Waals surface area contributed by atoms with Crippen LogP contribution in [0.4, 0.5) is 0 Å². The summed E-state index contributed by atoms with van der Waals surface area (Å²) in [5, 5.41) is 4.55. The van der Waals surface area contributed by atoms with Gasteiger partial charge in [-0.2, -0.15) is 0 Å². The number of nitrogens with one attached hydrogen (secondary N) is 1. The van der Waals surface area contributed by atoms with E-state index in [1.165, 1.54) is 4.88 Å². The van der Waals surface area contributed by atoms with Gasteiger partial charge in [-0.25, -0.2) is 15.0 Å². The van der Waals surface area contributed by atoms with Crippen LogP contribution in [0.25, 0.3) is 0 Å². The second kappa shape index (κ2) is 5.33. The van der Waals surface area contributed by atoms with Crippen LogP contribution in [0.15, 0.2) is 18.7 Å². The maximum atomic E-state index is 4.48. The van der Waals surface area contributed by atoms with Crippen LogP contribution < -0.4 is 5.32 Å². The van der Waals surface area contributed by atoms with Crippen molar-refractivity contribution in [2.45, 2.75) is 26.8 Å². The fourth-order valence-electron chi connectivity index (χ4n) is 1.84. The molecule has 0 aliphatic heterocycles. The van der Waals surface area contributed by atoms with E-state index in [2.05, 4.69) is 27.2 Å². The quantitative estimate of drug-likeness (QED) is 0.901. The average Bonchev–Trinajstić information content (AvgIpc) is 2.66. The third-order valence-electron chi connectivity index (χ3n) is 2.52. The Bertz CT molecular complexity index is 481. The van der Waals surface area contributed by atoms with Gasteiger partial charge >= 0.3 is 0 Å². The Balaban J connectivity index is 2.39. The van der Waals surface area contributed by atoms with E-state index in [1.54, 1.807) is 17.7 Å². The zero-order chi connectivity index (χ0) is 12.3. The van der Waals surface area contributed by atoms with E-state index >= 15 is 0 Å². The molecule has 0 aromatic carbocycles. The summed E-state index contributed by atoms with van der Waals surface area (Å²) < 4.78 is 0. The minimum Gasteiger partial charge on any atom is -0.306 e. The highest BCUT2D eigenvalue weighted by Gasteiger charge is 2.18. The van der Waals surface area contributed by atoms with Crippen LogP contribution in [0, 0.1) is 13.8 Å². The molecule has 0 radical (unpaired) electrons. The van der Waals surface area contributed by atoms with Crippen molar-refractivity contribution < 1.29 is 0 Å². The largest absolute Gasteiger partial charge is 0.306 e. The molecule has 2 aromatic rings. The monoisotopic (exact) mass is 248 g/mol. The number of nitrogens with zero attached hydrogens (tertiary/aromatic N) is 3. The van der Waals surface area contributed by atoms with Crippen LogP contribution in [0.3, 0.4) is 0 Å². The first-order valence-corrected chi connectivity index (χ1v) is 6.46. The zero-order valence-corrected chi connectivity index (χ0v) is 11.1. The van der Waals surface area contributed by atoms with Crippen molar-refractivity contribution in [2.75, 3.05) is 6.54 Å². The van der Waals surface area contributed by atoms with Crippen molar-refractivity contribution in [3.8, 4) is 0 Å². The van der Waals surface area contributed by atoms with Gasteiger partial charge in [-0.15, -0.1) is 11.3 Å². The lowest BCUT2D eigenvalue weighted by Gasteiger charge is -2.16. The first kappa shape index (κ1) is 12.1. The molecule has 2 aromatic heterocycles. The Morgan fingerprint density at radius 2 is 2.00 bits per heavy atom. The SMILES string of the molecule is CCNC(c1cncnc1)c1sc(C)nc1C. The van der Waals surface area contributed by atoms with Gasteiger partial charge in [0.2, 0.25) is 0 Å². The smallest absolute Gasteiger partial charge is 0.115 e. The third kappa shape index (κ3) is 2.68. The molecule has 1 unspecified atom stereocenters. The van der Waals surface area contributed by atoms with E-state index in [4.69, 9.17) is 0 Å². The fourth-order valence-corrected chi connectivity index (χ4v) is 2.87. The predicted molar refractivity (Wildman–Crippen MR) is 69.1 cm³/mol. The number of hydrogen-bond donors (Lipinski definition) is 1. The zero-order valence-electron chi connectivity index (χ0n) is 10.3. The van der Waals surface area contributed by atoms with E-state index in [1.807, 2.05) is 26.2 Å². The lowest BCUT2D eigenvalue weighted by molar-refractivity contribution is 0.631. The van der Waals surface area contributed by atoms with Gasteiger partial charge in [0.15, 0.2) is 0 Å². The van der Waals surface area contributed by atoms with Crippen molar-refractivity contribution in [2.24, 2.45) is 0 Å². The number of thiazole rings is 1. The minimum atomic E-state index is 0.146. The van der Waals surface area contributed by atoms with Crippen molar-refractivity contribution >= 4 is 11.3 Å². The Labute approximate surface area is 105 Å². The molecule has 90 valence electrons. The van der Waals surface area contributed by atoms with Crippen molar-refractivity contribution in [3.05, 3.63) is 39.9 Å². The third-order valence-corrected chi connectivity index (χ3v) is 3.66. The predicted octanol–water partition coefficient (Wildman–Crippen LogP) is 2.25. The topological polar surface area (TPSA) is 50.7 Å². The van der Waals surface area contributed by atoms with Gasteiger partial charge in [-0.05, 0) is 20.4 Å². The van der Waals surface area contributed by atoms with Crippen LogP contribution >= 0.6 is 11.3 Å². The van der Waals surface area contributed by atoms with Crippen LogP contribution in [0.5, 0.6) is 0 Å². The Morgan fingerprint density at radius 1 is 1.29 bits per heavy atom. The molecule has 17 heavy (non-hydrogen) atoms. The number of rotatable bonds is 4. The fraction of sp³-hybridized carbons (Fsp3) is 0.417. The molecule has 2 rings (SSSR count). The summed E-state index contributed by atoms with van der Waals surface area (Å²) in [7, 11) is 0. The summed E-state index contributed by atoms with van der Waals surface area (Å²) in [6.45, 7) is 7.08. The van der Waals surface area contributed by atoms with Gasteiger partial charge in [-0.1, -0.05) is 6.92 Å². The molecular formula is C12H16N4S. The molecule has 0 saturated heterocycles. The molecular weight excluding hydrogens is 232 g/mol. The van der Waals surface area contributed by atoms with Gasteiger partial charge in [0.05, 0.1) is 16.7 Å². The summed E-state index contributed by atoms with van der Waals surface area (Å²) in [6.07, 6.45) is 5.26. The van der Waals surface area contributed by atoms with Gasteiger partial charge < -0.3 is 5.32 Å². The van der Waals surface area contributed by atoms with Gasteiger partial charge in [0, 0.05) is 22.8 Å². The molecule has 4 nitrogen and oxygen atoms in total. The van der Waals surface area contributed by atoms with Crippen LogP contribution in [-0.2, 0) is 0 Å². The molecule has 1 atom stereocenters. The van der Waals surface area contributed by atoms with Crippen molar-refractivity contribution in [3.63, 3.8) is 0 Å². The summed E-state index contributed by atoms with van der Waals surface area (Å²) in [6, 6.07) is 0.146. The van der Waals surface area contributed by atoms with Crippen molar-refractivity contribution in [1.29, 1.82) is 0 Å². The second-order valence-corrected chi connectivity index (χ2v) is 5.08. The highest BCUT2D eigenvalue weighted by atomic mass is 32.1. The summed E-state index contributed by atoms with van der Waals surface area (Å²) in [5.74, 6) is 0. The van der Waals surface area contributed by atoms with Crippen LogP contribution in [0.1, 0.15) is 34.1 Å². The number of hydrogen-bond acceptors (Lipinski definition) is 5. The normalized spacial score (nSPS) is 12.6. The van der Waals surface area contributed by atoms with E-state index < -0.39 is 0 Å². The average molecular weight is 248 g/mol.